The summed E-state index contributed by atoms with van der Waals surface area (Å²) in [5.41, 5.74) is 3.16. The maximum absolute atomic E-state index is 9.85. The Morgan fingerprint density at radius 3 is 2.38 bits per heavy atom. The lowest BCUT2D eigenvalue weighted by atomic mass is 9.68. The highest BCUT2D eigenvalue weighted by Crippen LogP contribution is 2.46. The zero-order chi connectivity index (χ0) is 15.1. The van der Waals surface area contributed by atoms with Crippen molar-refractivity contribution in [2.24, 2.45) is 11.8 Å². The van der Waals surface area contributed by atoms with E-state index in [1.165, 1.54) is 0 Å². The number of hydrogen-bond acceptors (Lipinski definition) is 3. The molecule has 3 atom stereocenters. The maximum atomic E-state index is 9.85. The Hall–Kier alpha value is -2.16. The Morgan fingerprint density at radius 1 is 0.952 bits per heavy atom. The van der Waals surface area contributed by atoms with E-state index in [-0.39, 0.29) is 23.2 Å². The van der Waals surface area contributed by atoms with Gasteiger partial charge < -0.3 is 15.3 Å². The van der Waals surface area contributed by atoms with Gasteiger partial charge in [-0.1, -0.05) is 26.0 Å². The summed E-state index contributed by atoms with van der Waals surface area (Å²) in [5, 5.41) is 29.3. The average Bonchev–Trinajstić information content (AvgIpc) is 2.43. The first-order valence-corrected chi connectivity index (χ1v) is 7.31. The Morgan fingerprint density at radius 2 is 1.67 bits per heavy atom. The van der Waals surface area contributed by atoms with Gasteiger partial charge in [-0.2, -0.15) is 0 Å². The molecule has 0 saturated carbocycles. The Kier molecular flexibility index (Phi) is 3.28. The van der Waals surface area contributed by atoms with E-state index in [1.807, 2.05) is 12.1 Å². The van der Waals surface area contributed by atoms with Gasteiger partial charge in [-0.05, 0) is 59.2 Å². The van der Waals surface area contributed by atoms with Gasteiger partial charge in [0, 0.05) is 5.92 Å². The monoisotopic (exact) mass is 284 g/mol. The molecule has 2 aromatic carbocycles. The van der Waals surface area contributed by atoms with Gasteiger partial charge in [0.15, 0.2) is 11.5 Å². The molecule has 1 aliphatic rings. The summed E-state index contributed by atoms with van der Waals surface area (Å²) in [6.07, 6.45) is 0.889. The zero-order valence-electron chi connectivity index (χ0n) is 12.2. The summed E-state index contributed by atoms with van der Waals surface area (Å²) in [5.74, 6) is 1.08. The van der Waals surface area contributed by atoms with E-state index >= 15 is 0 Å². The quantitative estimate of drug-likeness (QED) is 0.699. The molecule has 0 aliphatic heterocycles. The molecule has 0 radical (unpaired) electrons. The summed E-state index contributed by atoms with van der Waals surface area (Å²) < 4.78 is 0. The van der Waals surface area contributed by atoms with Crippen LogP contribution in [0.5, 0.6) is 17.2 Å². The maximum Gasteiger partial charge on any atom is 0.157 e. The lowest BCUT2D eigenvalue weighted by Crippen LogP contribution is -2.26. The summed E-state index contributed by atoms with van der Waals surface area (Å²) >= 11 is 0. The van der Waals surface area contributed by atoms with Gasteiger partial charge in [-0.25, -0.2) is 0 Å². The fourth-order valence-electron chi connectivity index (χ4n) is 3.45. The van der Waals surface area contributed by atoms with Gasteiger partial charge in [-0.15, -0.1) is 0 Å². The van der Waals surface area contributed by atoms with Gasteiger partial charge in [-0.3, -0.25) is 0 Å². The molecule has 21 heavy (non-hydrogen) atoms. The number of benzene rings is 2. The molecule has 2 aromatic rings. The molecule has 3 heteroatoms. The van der Waals surface area contributed by atoms with Crippen molar-refractivity contribution in [2.45, 2.75) is 26.2 Å². The fraction of sp³-hybridized carbons (Fsp3) is 0.333. The second-order valence-corrected chi connectivity index (χ2v) is 6.15. The minimum absolute atomic E-state index is 0.0647. The van der Waals surface area contributed by atoms with Gasteiger partial charge in [0.05, 0.1) is 0 Å². The van der Waals surface area contributed by atoms with E-state index in [9.17, 15) is 15.3 Å². The van der Waals surface area contributed by atoms with E-state index < -0.39 is 0 Å². The van der Waals surface area contributed by atoms with Crippen molar-refractivity contribution in [2.75, 3.05) is 0 Å². The average molecular weight is 284 g/mol. The van der Waals surface area contributed by atoms with Crippen LogP contribution in [0.2, 0.25) is 0 Å². The van der Waals surface area contributed by atoms with E-state index in [2.05, 4.69) is 13.8 Å². The van der Waals surface area contributed by atoms with Crippen LogP contribution in [-0.2, 0) is 6.42 Å². The van der Waals surface area contributed by atoms with Crippen LogP contribution in [0.25, 0.3) is 0 Å². The molecule has 0 bridgehead atoms. The number of rotatable bonds is 1. The van der Waals surface area contributed by atoms with Gasteiger partial charge in [0.25, 0.3) is 0 Å². The predicted molar refractivity (Wildman–Crippen MR) is 81.8 cm³/mol. The lowest BCUT2D eigenvalue weighted by Gasteiger charge is -2.36. The van der Waals surface area contributed by atoms with Gasteiger partial charge in [0.1, 0.15) is 5.75 Å². The van der Waals surface area contributed by atoms with Crippen molar-refractivity contribution in [3.05, 3.63) is 53.1 Å². The first kappa shape index (κ1) is 13.8. The molecule has 3 N–H and O–H groups in total. The zero-order valence-corrected chi connectivity index (χ0v) is 12.2. The molecule has 0 saturated heterocycles. The van der Waals surface area contributed by atoms with Crippen LogP contribution < -0.4 is 0 Å². The third-order valence-electron chi connectivity index (χ3n) is 4.77. The summed E-state index contributed by atoms with van der Waals surface area (Å²) in [4.78, 5) is 0. The number of phenols is 3. The van der Waals surface area contributed by atoms with E-state index in [0.717, 1.165) is 23.1 Å². The molecule has 0 heterocycles. The minimum Gasteiger partial charge on any atom is -0.508 e. The molecule has 110 valence electrons. The lowest BCUT2D eigenvalue weighted by molar-refractivity contribution is 0.322. The summed E-state index contributed by atoms with van der Waals surface area (Å²) in [6, 6.07) is 10.6. The summed E-state index contributed by atoms with van der Waals surface area (Å²) in [7, 11) is 0. The Bertz CT molecular complexity index is 678. The van der Waals surface area contributed by atoms with Crippen LogP contribution in [0.1, 0.15) is 36.5 Å². The molecule has 3 rings (SSSR count). The minimum atomic E-state index is -0.0827. The van der Waals surface area contributed by atoms with Crippen LogP contribution in [0.3, 0.4) is 0 Å². The molecule has 0 fully saturated rings. The molecule has 3 nitrogen and oxygen atoms in total. The third-order valence-corrected chi connectivity index (χ3v) is 4.77. The van der Waals surface area contributed by atoms with Gasteiger partial charge in [0.2, 0.25) is 0 Å². The normalized spacial score (nSPS) is 24.6. The standard InChI is InChI=1S/C18H20O3/c1-10-6-13-8-16(20)17(21)9-15(13)18(11(10)2)12-4-3-5-14(19)7-12/h3-5,7-11,18-21H,6H2,1-2H3. The van der Waals surface area contributed by atoms with E-state index in [1.54, 1.807) is 24.3 Å². The molecular weight excluding hydrogens is 264 g/mol. The van der Waals surface area contributed by atoms with Crippen molar-refractivity contribution in [1.82, 2.24) is 0 Å². The van der Waals surface area contributed by atoms with Crippen LogP contribution in [0, 0.1) is 11.8 Å². The molecule has 0 amide bonds. The van der Waals surface area contributed by atoms with Crippen LogP contribution in [0.4, 0.5) is 0 Å². The van der Waals surface area contributed by atoms with Crippen molar-refractivity contribution >= 4 is 0 Å². The fourth-order valence-corrected chi connectivity index (χ4v) is 3.45. The largest absolute Gasteiger partial charge is 0.508 e. The SMILES string of the molecule is CC1Cc2cc(O)c(O)cc2C(c2cccc(O)c2)C1C. The number of phenolic OH excluding ortho intramolecular Hbond substituents is 3. The molecule has 3 unspecified atom stereocenters. The first-order chi connectivity index (χ1) is 9.97. The van der Waals surface area contributed by atoms with Crippen molar-refractivity contribution in [3.8, 4) is 17.2 Å². The summed E-state index contributed by atoms with van der Waals surface area (Å²) in [6.45, 7) is 4.40. The predicted octanol–water partition coefficient (Wildman–Crippen LogP) is 3.76. The molecule has 0 aromatic heterocycles. The highest BCUT2D eigenvalue weighted by atomic mass is 16.3. The topological polar surface area (TPSA) is 60.7 Å². The smallest absolute Gasteiger partial charge is 0.157 e. The highest BCUT2D eigenvalue weighted by molar-refractivity contribution is 5.51. The number of aromatic hydroxyl groups is 3. The van der Waals surface area contributed by atoms with Crippen LogP contribution in [0.15, 0.2) is 36.4 Å². The van der Waals surface area contributed by atoms with Crippen molar-refractivity contribution in [3.63, 3.8) is 0 Å². The van der Waals surface area contributed by atoms with Crippen molar-refractivity contribution in [1.29, 1.82) is 0 Å². The Balaban J connectivity index is 2.18. The van der Waals surface area contributed by atoms with E-state index in [4.69, 9.17) is 0 Å². The Labute approximate surface area is 124 Å². The third kappa shape index (κ3) is 2.33. The van der Waals surface area contributed by atoms with Crippen LogP contribution >= 0.6 is 0 Å². The second-order valence-electron chi connectivity index (χ2n) is 6.15. The van der Waals surface area contributed by atoms with E-state index in [0.29, 0.717) is 11.8 Å². The number of hydrogen-bond donors (Lipinski definition) is 3. The second kappa shape index (κ2) is 4.99. The van der Waals surface area contributed by atoms with Crippen molar-refractivity contribution < 1.29 is 15.3 Å². The molecular formula is C18H20O3. The van der Waals surface area contributed by atoms with Crippen LogP contribution in [-0.4, -0.2) is 15.3 Å². The molecule has 1 aliphatic carbocycles. The number of fused-ring (bicyclic) bond motifs is 1. The highest BCUT2D eigenvalue weighted by Gasteiger charge is 2.33. The van der Waals surface area contributed by atoms with Gasteiger partial charge >= 0.3 is 0 Å². The molecule has 0 spiro atoms. The first-order valence-electron chi connectivity index (χ1n) is 7.31.